The van der Waals surface area contributed by atoms with Crippen molar-refractivity contribution in [3.05, 3.63) is 52.4 Å². The highest BCUT2D eigenvalue weighted by Gasteiger charge is 2.04. The van der Waals surface area contributed by atoms with E-state index in [9.17, 15) is 0 Å². The van der Waals surface area contributed by atoms with Crippen molar-refractivity contribution in [2.75, 3.05) is 25.5 Å². The molecule has 5 heteroatoms. The van der Waals surface area contributed by atoms with Crippen LogP contribution in [0.1, 0.15) is 11.4 Å². The fourth-order valence-corrected chi connectivity index (χ4v) is 2.17. The number of halogens is 1. The van der Waals surface area contributed by atoms with Crippen LogP contribution >= 0.6 is 15.9 Å². The minimum atomic E-state index is 0.689. The van der Waals surface area contributed by atoms with Gasteiger partial charge in [-0.15, -0.1) is 0 Å². The van der Waals surface area contributed by atoms with Crippen LogP contribution in [0, 0.1) is 0 Å². The molecule has 0 fully saturated rings. The molecule has 0 saturated heterocycles. The summed E-state index contributed by atoms with van der Waals surface area (Å²) in [4.78, 5) is 10.9. The molecule has 2 rings (SSSR count). The van der Waals surface area contributed by atoms with Crippen LogP contribution in [0.2, 0.25) is 0 Å². The summed E-state index contributed by atoms with van der Waals surface area (Å²) < 4.78 is 1.11. The Hall–Kier alpha value is -1.46. The lowest BCUT2D eigenvalue weighted by atomic mass is 10.1. The minimum Gasteiger partial charge on any atom is -0.359 e. The molecule has 0 saturated carbocycles. The van der Waals surface area contributed by atoms with Gasteiger partial charge in [-0.3, -0.25) is 0 Å². The van der Waals surface area contributed by atoms with Gasteiger partial charge in [0.05, 0.1) is 6.54 Å². The molecule has 0 atom stereocenters. The quantitative estimate of drug-likeness (QED) is 0.881. The Labute approximate surface area is 128 Å². The number of aromatic nitrogens is 2. The van der Waals surface area contributed by atoms with Crippen molar-refractivity contribution in [2.45, 2.75) is 13.0 Å². The van der Waals surface area contributed by atoms with E-state index in [1.54, 1.807) is 0 Å². The minimum absolute atomic E-state index is 0.689. The van der Waals surface area contributed by atoms with Crippen LogP contribution in [0.3, 0.4) is 0 Å². The van der Waals surface area contributed by atoms with Crippen LogP contribution < -0.4 is 10.2 Å². The van der Waals surface area contributed by atoms with Gasteiger partial charge in [-0.1, -0.05) is 28.1 Å². The molecule has 4 nitrogen and oxygen atoms in total. The molecule has 0 unspecified atom stereocenters. The van der Waals surface area contributed by atoms with Gasteiger partial charge in [0.25, 0.3) is 0 Å². The summed E-state index contributed by atoms with van der Waals surface area (Å²) in [6, 6.07) is 10.4. The lowest BCUT2D eigenvalue weighted by molar-refractivity contribution is 0.749. The SMILES string of the molecule is CNCc1nccc(N(C)CCc2ccc(Br)cc2)n1. The topological polar surface area (TPSA) is 41.1 Å². The van der Waals surface area contributed by atoms with Gasteiger partial charge in [-0.2, -0.15) is 0 Å². The maximum absolute atomic E-state index is 4.53. The van der Waals surface area contributed by atoms with Crippen LogP contribution in [-0.4, -0.2) is 30.6 Å². The summed E-state index contributed by atoms with van der Waals surface area (Å²) >= 11 is 3.45. The second-order valence-electron chi connectivity index (χ2n) is 4.66. The number of hydrogen-bond donors (Lipinski definition) is 1. The van der Waals surface area contributed by atoms with Crippen molar-refractivity contribution in [1.82, 2.24) is 15.3 Å². The molecule has 0 radical (unpaired) electrons. The van der Waals surface area contributed by atoms with Crippen molar-refractivity contribution in [2.24, 2.45) is 0 Å². The van der Waals surface area contributed by atoms with Crippen molar-refractivity contribution in [1.29, 1.82) is 0 Å². The normalized spacial score (nSPS) is 10.6. The number of nitrogens with one attached hydrogen (secondary N) is 1. The largest absolute Gasteiger partial charge is 0.359 e. The zero-order valence-electron chi connectivity index (χ0n) is 11.8. The lowest BCUT2D eigenvalue weighted by Gasteiger charge is -2.18. The third kappa shape index (κ3) is 4.28. The zero-order chi connectivity index (χ0) is 14.4. The van der Waals surface area contributed by atoms with Gasteiger partial charge in [0.1, 0.15) is 11.6 Å². The molecule has 2 aromatic rings. The summed E-state index contributed by atoms with van der Waals surface area (Å²) in [6.45, 7) is 1.62. The molecular weight excluding hydrogens is 316 g/mol. The molecule has 0 bridgehead atoms. The monoisotopic (exact) mass is 334 g/mol. The Morgan fingerprint density at radius 2 is 1.95 bits per heavy atom. The second kappa shape index (κ2) is 7.36. The predicted octanol–water partition coefficient (Wildman–Crippen LogP) is 2.64. The Kier molecular flexibility index (Phi) is 5.49. The van der Waals surface area contributed by atoms with Crippen molar-refractivity contribution < 1.29 is 0 Å². The average molecular weight is 335 g/mol. The number of benzene rings is 1. The second-order valence-corrected chi connectivity index (χ2v) is 5.58. The summed E-state index contributed by atoms with van der Waals surface area (Å²) in [7, 11) is 3.96. The Balaban J connectivity index is 1.95. The Morgan fingerprint density at radius 1 is 1.20 bits per heavy atom. The summed E-state index contributed by atoms with van der Waals surface area (Å²) in [5.74, 6) is 1.78. The number of anilines is 1. The van der Waals surface area contributed by atoms with E-state index < -0.39 is 0 Å². The van der Waals surface area contributed by atoms with E-state index in [-0.39, 0.29) is 0 Å². The number of nitrogens with zero attached hydrogens (tertiary/aromatic N) is 3. The van der Waals surface area contributed by atoms with Gasteiger partial charge in [0.15, 0.2) is 0 Å². The fraction of sp³-hybridized carbons (Fsp3) is 0.333. The maximum Gasteiger partial charge on any atom is 0.144 e. The molecule has 1 heterocycles. The van der Waals surface area contributed by atoms with Crippen molar-refractivity contribution in [3.63, 3.8) is 0 Å². The molecule has 0 aliphatic heterocycles. The Morgan fingerprint density at radius 3 is 2.65 bits per heavy atom. The molecular formula is C15H19BrN4. The highest BCUT2D eigenvalue weighted by Crippen LogP contribution is 2.13. The van der Waals surface area contributed by atoms with Gasteiger partial charge in [-0.25, -0.2) is 9.97 Å². The highest BCUT2D eigenvalue weighted by molar-refractivity contribution is 9.10. The van der Waals surface area contributed by atoms with Crippen molar-refractivity contribution in [3.8, 4) is 0 Å². The van der Waals surface area contributed by atoms with E-state index in [4.69, 9.17) is 0 Å². The fourth-order valence-electron chi connectivity index (χ4n) is 1.91. The van der Waals surface area contributed by atoms with E-state index in [1.807, 2.05) is 19.3 Å². The first kappa shape index (κ1) is 14.9. The smallest absolute Gasteiger partial charge is 0.144 e. The molecule has 1 aromatic carbocycles. The van der Waals surface area contributed by atoms with E-state index in [0.717, 1.165) is 29.1 Å². The highest BCUT2D eigenvalue weighted by atomic mass is 79.9. The van der Waals surface area contributed by atoms with Gasteiger partial charge in [0, 0.05) is 24.3 Å². The first-order valence-corrected chi connectivity index (χ1v) is 7.40. The third-order valence-electron chi connectivity index (χ3n) is 3.07. The molecule has 106 valence electrons. The third-order valence-corrected chi connectivity index (χ3v) is 3.59. The Bertz CT molecular complexity index is 542. The molecule has 0 aliphatic carbocycles. The van der Waals surface area contributed by atoms with Crippen LogP contribution in [0.4, 0.5) is 5.82 Å². The van der Waals surface area contributed by atoms with E-state index in [0.29, 0.717) is 6.54 Å². The van der Waals surface area contributed by atoms with Gasteiger partial charge in [-0.05, 0) is 37.2 Å². The van der Waals surface area contributed by atoms with Crippen LogP contribution in [-0.2, 0) is 13.0 Å². The maximum atomic E-state index is 4.53. The van der Waals surface area contributed by atoms with E-state index >= 15 is 0 Å². The first-order valence-electron chi connectivity index (χ1n) is 6.61. The molecule has 1 aromatic heterocycles. The average Bonchev–Trinajstić information content (AvgIpc) is 2.47. The van der Waals surface area contributed by atoms with Crippen molar-refractivity contribution >= 4 is 21.7 Å². The molecule has 0 amide bonds. The van der Waals surface area contributed by atoms with Crippen LogP contribution in [0.25, 0.3) is 0 Å². The van der Waals surface area contributed by atoms with Crippen LogP contribution in [0.15, 0.2) is 41.0 Å². The van der Waals surface area contributed by atoms with Gasteiger partial charge < -0.3 is 10.2 Å². The molecule has 20 heavy (non-hydrogen) atoms. The number of hydrogen-bond acceptors (Lipinski definition) is 4. The number of likely N-dealkylation sites (N-methyl/N-ethyl adjacent to an activating group) is 1. The molecule has 1 N–H and O–H groups in total. The first-order chi connectivity index (χ1) is 9.69. The van der Waals surface area contributed by atoms with Gasteiger partial charge >= 0.3 is 0 Å². The molecule has 0 spiro atoms. The summed E-state index contributed by atoms with van der Waals surface area (Å²) in [5.41, 5.74) is 1.32. The van der Waals surface area contributed by atoms with Crippen LogP contribution in [0.5, 0.6) is 0 Å². The molecule has 0 aliphatic rings. The number of rotatable bonds is 6. The summed E-state index contributed by atoms with van der Waals surface area (Å²) in [6.07, 6.45) is 2.81. The zero-order valence-corrected chi connectivity index (χ0v) is 13.4. The van der Waals surface area contributed by atoms with E-state index in [1.165, 1.54) is 5.56 Å². The lowest BCUT2D eigenvalue weighted by Crippen LogP contribution is -2.22. The summed E-state index contributed by atoms with van der Waals surface area (Å²) in [5, 5.41) is 3.07. The predicted molar refractivity (Wildman–Crippen MR) is 85.9 cm³/mol. The standard InChI is InChI=1S/C15H19BrN4/c1-17-11-14-18-9-7-15(19-14)20(2)10-8-12-3-5-13(16)6-4-12/h3-7,9,17H,8,10-11H2,1-2H3. The van der Waals surface area contributed by atoms with E-state index in [2.05, 4.69) is 67.4 Å². The van der Waals surface area contributed by atoms with Gasteiger partial charge in [0.2, 0.25) is 0 Å².